The lowest BCUT2D eigenvalue weighted by Gasteiger charge is -2.09. The highest BCUT2D eigenvalue weighted by Crippen LogP contribution is 2.30. The van der Waals surface area contributed by atoms with Crippen LogP contribution in [0.25, 0.3) is 0 Å². The Morgan fingerprint density at radius 3 is 2.33 bits per heavy atom. The van der Waals surface area contributed by atoms with Gasteiger partial charge in [0.05, 0.1) is 18.2 Å². The molecule has 3 rings (SSSR count). The van der Waals surface area contributed by atoms with Gasteiger partial charge in [0, 0.05) is 0 Å². The predicted molar refractivity (Wildman–Crippen MR) is 88.8 cm³/mol. The van der Waals surface area contributed by atoms with Gasteiger partial charge in [0.2, 0.25) is 5.90 Å². The van der Waals surface area contributed by atoms with Crippen molar-refractivity contribution in [3.63, 3.8) is 0 Å². The molecule has 0 spiro atoms. The molecule has 1 heterocycles. The highest BCUT2D eigenvalue weighted by molar-refractivity contribution is 5.95. The lowest BCUT2D eigenvalue weighted by Crippen LogP contribution is -2.09. The molecule has 0 amide bonds. The van der Waals surface area contributed by atoms with Crippen molar-refractivity contribution in [1.82, 2.24) is 0 Å². The van der Waals surface area contributed by atoms with Crippen molar-refractivity contribution in [2.45, 2.75) is 25.1 Å². The minimum absolute atomic E-state index is 0.0562. The van der Waals surface area contributed by atoms with Gasteiger partial charge in [-0.05, 0) is 49.2 Å². The smallest absolute Gasteiger partial charge is 0.416 e. The van der Waals surface area contributed by atoms with E-state index in [1.165, 1.54) is 18.2 Å². The van der Waals surface area contributed by atoms with Crippen LogP contribution in [-0.2, 0) is 10.9 Å². The molecular formula is C19H16F5NO2. The van der Waals surface area contributed by atoms with Crippen LogP contribution in [0.15, 0.2) is 47.5 Å². The quantitative estimate of drug-likeness (QED) is 0.518. The van der Waals surface area contributed by atoms with Gasteiger partial charge in [-0.15, -0.1) is 0 Å². The van der Waals surface area contributed by atoms with Gasteiger partial charge in [0.1, 0.15) is 29.6 Å². The Hall–Kier alpha value is -2.64. The van der Waals surface area contributed by atoms with Crippen LogP contribution in [0.3, 0.4) is 0 Å². The van der Waals surface area contributed by atoms with Crippen LogP contribution in [0.2, 0.25) is 0 Å². The molecule has 0 saturated carbocycles. The van der Waals surface area contributed by atoms with Gasteiger partial charge in [-0.1, -0.05) is 6.07 Å². The number of aliphatic imine (C=N–C) groups is 1. The van der Waals surface area contributed by atoms with Crippen molar-refractivity contribution in [2.75, 3.05) is 13.2 Å². The molecule has 8 heteroatoms. The highest BCUT2D eigenvalue weighted by Gasteiger charge is 2.30. The topological polar surface area (TPSA) is 30.8 Å². The molecule has 0 fully saturated rings. The standard InChI is InChI=1S/C19H16F5NO2/c20-15-4-1-5-16(21)17(15)18-25-13(11-27-18)3-2-10-26-14-8-6-12(7-9-14)19(22,23)24/h1,4-9,13H,2-3,10-11H2. The van der Waals surface area contributed by atoms with Gasteiger partial charge >= 0.3 is 6.18 Å². The van der Waals surface area contributed by atoms with Crippen molar-refractivity contribution in [3.05, 3.63) is 65.2 Å². The average Bonchev–Trinajstić information content (AvgIpc) is 3.07. The van der Waals surface area contributed by atoms with E-state index in [9.17, 15) is 22.0 Å². The Kier molecular flexibility index (Phi) is 5.62. The van der Waals surface area contributed by atoms with Gasteiger partial charge < -0.3 is 9.47 Å². The number of nitrogens with zero attached hydrogens (tertiary/aromatic N) is 1. The van der Waals surface area contributed by atoms with Gasteiger partial charge in [0.15, 0.2) is 0 Å². The second-order valence-electron chi connectivity index (χ2n) is 6.01. The third kappa shape index (κ3) is 4.75. The molecule has 0 N–H and O–H groups in total. The first kappa shape index (κ1) is 19.1. The van der Waals surface area contributed by atoms with Crippen molar-refractivity contribution < 1.29 is 31.4 Å². The summed E-state index contributed by atoms with van der Waals surface area (Å²) in [6.45, 7) is 0.490. The van der Waals surface area contributed by atoms with E-state index in [0.29, 0.717) is 18.6 Å². The van der Waals surface area contributed by atoms with Crippen molar-refractivity contribution in [1.29, 1.82) is 0 Å². The molecule has 0 aliphatic carbocycles. The van der Waals surface area contributed by atoms with Crippen molar-refractivity contribution in [2.24, 2.45) is 4.99 Å². The first-order valence-electron chi connectivity index (χ1n) is 8.29. The third-order valence-electron chi connectivity index (χ3n) is 4.02. The summed E-state index contributed by atoms with van der Waals surface area (Å²) >= 11 is 0. The monoisotopic (exact) mass is 385 g/mol. The second-order valence-corrected chi connectivity index (χ2v) is 6.01. The zero-order valence-corrected chi connectivity index (χ0v) is 14.1. The van der Waals surface area contributed by atoms with Crippen LogP contribution in [0.1, 0.15) is 24.0 Å². The molecule has 0 aromatic heterocycles. The van der Waals surface area contributed by atoms with E-state index in [1.807, 2.05) is 0 Å². The SMILES string of the molecule is Fc1cccc(F)c1C1=NC(CCCOc2ccc(C(F)(F)F)cc2)CO1. The molecule has 1 unspecified atom stereocenters. The predicted octanol–water partition coefficient (Wildman–Crippen LogP) is 4.99. The van der Waals surface area contributed by atoms with Gasteiger partial charge in [-0.3, -0.25) is 0 Å². The van der Waals surface area contributed by atoms with Crippen LogP contribution in [-0.4, -0.2) is 25.2 Å². The molecule has 0 radical (unpaired) electrons. The van der Waals surface area contributed by atoms with Gasteiger partial charge in [0.25, 0.3) is 0 Å². The number of alkyl halides is 3. The zero-order chi connectivity index (χ0) is 19.4. The summed E-state index contributed by atoms with van der Waals surface area (Å²) in [4.78, 5) is 4.20. The molecule has 3 nitrogen and oxygen atoms in total. The lowest BCUT2D eigenvalue weighted by molar-refractivity contribution is -0.137. The number of hydrogen-bond donors (Lipinski definition) is 0. The minimum atomic E-state index is -4.38. The fourth-order valence-corrected chi connectivity index (χ4v) is 2.65. The maximum Gasteiger partial charge on any atom is 0.416 e. The molecule has 1 aliphatic heterocycles. The zero-order valence-electron chi connectivity index (χ0n) is 14.1. The number of benzene rings is 2. The number of ether oxygens (including phenoxy) is 2. The maximum atomic E-state index is 13.7. The normalized spacial score (nSPS) is 16.8. The number of halogens is 5. The summed E-state index contributed by atoms with van der Waals surface area (Å²) < 4.78 is 75.6. The number of hydrogen-bond acceptors (Lipinski definition) is 3. The third-order valence-corrected chi connectivity index (χ3v) is 4.02. The summed E-state index contributed by atoms with van der Waals surface area (Å²) in [5, 5.41) is 0. The fourth-order valence-electron chi connectivity index (χ4n) is 2.65. The van der Waals surface area contributed by atoms with Crippen LogP contribution >= 0.6 is 0 Å². The van der Waals surface area contributed by atoms with E-state index in [4.69, 9.17) is 9.47 Å². The lowest BCUT2D eigenvalue weighted by atomic mass is 10.2. The molecule has 1 atom stereocenters. The van der Waals surface area contributed by atoms with E-state index < -0.39 is 23.4 Å². The molecular weight excluding hydrogens is 369 g/mol. The van der Waals surface area contributed by atoms with Crippen LogP contribution in [0.4, 0.5) is 22.0 Å². The largest absolute Gasteiger partial charge is 0.494 e. The summed E-state index contributed by atoms with van der Waals surface area (Å²) in [7, 11) is 0. The van der Waals surface area contributed by atoms with E-state index in [-0.39, 0.29) is 30.7 Å². The van der Waals surface area contributed by atoms with Crippen LogP contribution < -0.4 is 4.74 Å². The highest BCUT2D eigenvalue weighted by atomic mass is 19.4. The van der Waals surface area contributed by atoms with E-state index in [2.05, 4.69) is 4.99 Å². The van der Waals surface area contributed by atoms with E-state index >= 15 is 0 Å². The Morgan fingerprint density at radius 2 is 1.70 bits per heavy atom. The summed E-state index contributed by atoms with van der Waals surface area (Å²) in [6, 6.07) is 7.72. The molecule has 0 bridgehead atoms. The van der Waals surface area contributed by atoms with Crippen LogP contribution in [0.5, 0.6) is 5.75 Å². The molecule has 0 saturated heterocycles. The van der Waals surface area contributed by atoms with Crippen molar-refractivity contribution >= 4 is 5.90 Å². The van der Waals surface area contributed by atoms with E-state index in [1.54, 1.807) is 0 Å². The molecule has 144 valence electrons. The first-order valence-corrected chi connectivity index (χ1v) is 8.29. The summed E-state index contributed by atoms with van der Waals surface area (Å²) in [6.07, 6.45) is -3.26. The Balaban J connectivity index is 1.48. The molecule has 2 aromatic rings. The van der Waals surface area contributed by atoms with Crippen LogP contribution in [0, 0.1) is 11.6 Å². The molecule has 1 aliphatic rings. The van der Waals surface area contributed by atoms with Gasteiger partial charge in [-0.25, -0.2) is 13.8 Å². The first-order chi connectivity index (χ1) is 12.8. The molecule has 27 heavy (non-hydrogen) atoms. The second kappa shape index (κ2) is 7.94. The Labute approximate surface area is 152 Å². The Bertz CT molecular complexity index is 798. The maximum absolute atomic E-state index is 13.7. The van der Waals surface area contributed by atoms with E-state index in [0.717, 1.165) is 24.3 Å². The summed E-state index contributed by atoms with van der Waals surface area (Å²) in [5.41, 5.74) is -1.01. The van der Waals surface area contributed by atoms with Gasteiger partial charge in [-0.2, -0.15) is 13.2 Å². The van der Waals surface area contributed by atoms with Crippen molar-refractivity contribution in [3.8, 4) is 5.75 Å². The minimum Gasteiger partial charge on any atom is -0.494 e. The average molecular weight is 385 g/mol. The Morgan fingerprint density at radius 1 is 1.04 bits per heavy atom. The number of rotatable bonds is 6. The summed E-state index contributed by atoms with van der Waals surface area (Å²) in [5.74, 6) is -1.19. The fraction of sp³-hybridized carbons (Fsp3) is 0.316. The molecule has 2 aromatic carbocycles.